The minimum Gasteiger partial charge on any atom is -0.324 e. The second kappa shape index (κ2) is 5.23. The summed E-state index contributed by atoms with van der Waals surface area (Å²) in [6.07, 6.45) is 3.24. The number of anilines is 1. The number of benzene rings is 1. The summed E-state index contributed by atoms with van der Waals surface area (Å²) >= 11 is 5.82. The lowest BCUT2D eigenvalue weighted by molar-refractivity contribution is -0.116. The summed E-state index contributed by atoms with van der Waals surface area (Å²) in [6.45, 7) is 4.09. The monoisotopic (exact) mass is 263 g/mol. The number of aromatic nitrogens is 2. The van der Waals surface area contributed by atoms with Crippen LogP contribution in [0, 0.1) is 13.8 Å². The first-order valence-electron chi connectivity index (χ1n) is 5.60. The fourth-order valence-corrected chi connectivity index (χ4v) is 1.95. The molecular weight excluding hydrogens is 250 g/mol. The van der Waals surface area contributed by atoms with Gasteiger partial charge in [0.2, 0.25) is 11.2 Å². The Hall–Kier alpha value is -1.81. The van der Waals surface area contributed by atoms with Crippen molar-refractivity contribution >= 4 is 23.2 Å². The van der Waals surface area contributed by atoms with Gasteiger partial charge in [-0.05, 0) is 36.6 Å². The van der Waals surface area contributed by atoms with Gasteiger partial charge in [-0.3, -0.25) is 4.79 Å². The standard InChI is InChI=1S/C13H14ClN3O/c1-9-4-3-5-10(2)12(9)16-11(18)8-17-7-6-15-13(17)14/h3-7H,8H2,1-2H3,(H,16,18). The molecule has 1 N–H and O–H groups in total. The molecule has 1 amide bonds. The van der Waals surface area contributed by atoms with Crippen LogP contribution in [0.15, 0.2) is 30.6 Å². The zero-order chi connectivity index (χ0) is 13.1. The number of carbonyl (C=O) groups excluding carboxylic acids is 1. The van der Waals surface area contributed by atoms with Crippen LogP contribution >= 0.6 is 11.6 Å². The molecule has 18 heavy (non-hydrogen) atoms. The van der Waals surface area contributed by atoms with Crippen molar-refractivity contribution < 1.29 is 4.79 Å². The number of halogens is 1. The quantitative estimate of drug-likeness (QED) is 0.926. The average molecular weight is 264 g/mol. The second-order valence-corrected chi connectivity index (χ2v) is 4.48. The molecule has 1 aromatic carbocycles. The Kier molecular flexibility index (Phi) is 3.67. The Morgan fingerprint density at radius 2 is 2.06 bits per heavy atom. The van der Waals surface area contributed by atoms with Crippen LogP contribution in [-0.2, 0) is 11.3 Å². The zero-order valence-electron chi connectivity index (χ0n) is 10.3. The van der Waals surface area contributed by atoms with Crippen molar-refractivity contribution in [1.82, 2.24) is 9.55 Å². The van der Waals surface area contributed by atoms with Crippen LogP contribution in [0.2, 0.25) is 5.28 Å². The first-order chi connectivity index (χ1) is 8.58. The highest BCUT2D eigenvalue weighted by Crippen LogP contribution is 2.19. The highest BCUT2D eigenvalue weighted by atomic mass is 35.5. The lowest BCUT2D eigenvalue weighted by Gasteiger charge is -2.11. The molecule has 2 rings (SSSR count). The Bertz CT molecular complexity index is 557. The van der Waals surface area contributed by atoms with E-state index in [9.17, 15) is 4.79 Å². The van der Waals surface area contributed by atoms with Crippen molar-refractivity contribution in [3.05, 3.63) is 47.0 Å². The molecule has 0 fully saturated rings. The lowest BCUT2D eigenvalue weighted by Crippen LogP contribution is -2.19. The number of amides is 1. The summed E-state index contributed by atoms with van der Waals surface area (Å²) in [6, 6.07) is 5.90. The Morgan fingerprint density at radius 3 is 2.61 bits per heavy atom. The Labute approximate surface area is 111 Å². The largest absolute Gasteiger partial charge is 0.324 e. The molecule has 0 saturated carbocycles. The summed E-state index contributed by atoms with van der Waals surface area (Å²) in [4.78, 5) is 15.8. The van der Waals surface area contributed by atoms with E-state index in [-0.39, 0.29) is 12.5 Å². The highest BCUT2D eigenvalue weighted by molar-refractivity contribution is 6.28. The summed E-state index contributed by atoms with van der Waals surface area (Å²) in [7, 11) is 0. The van der Waals surface area contributed by atoms with Gasteiger partial charge >= 0.3 is 0 Å². The molecule has 0 radical (unpaired) electrons. The van der Waals surface area contributed by atoms with Crippen molar-refractivity contribution in [3.8, 4) is 0 Å². The number of hydrogen-bond acceptors (Lipinski definition) is 2. The van der Waals surface area contributed by atoms with Gasteiger partial charge in [0.25, 0.3) is 0 Å². The molecule has 2 aromatic rings. The number of nitrogens with zero attached hydrogens (tertiary/aromatic N) is 2. The predicted octanol–water partition coefficient (Wildman–Crippen LogP) is 2.79. The van der Waals surface area contributed by atoms with Crippen molar-refractivity contribution in [2.45, 2.75) is 20.4 Å². The van der Waals surface area contributed by atoms with E-state index in [0.29, 0.717) is 5.28 Å². The van der Waals surface area contributed by atoms with Crippen LogP contribution in [0.25, 0.3) is 0 Å². The van der Waals surface area contributed by atoms with Crippen LogP contribution in [0.5, 0.6) is 0 Å². The minimum absolute atomic E-state index is 0.118. The number of imidazole rings is 1. The lowest BCUT2D eigenvalue weighted by atomic mass is 10.1. The van der Waals surface area contributed by atoms with Gasteiger partial charge in [0.05, 0.1) is 0 Å². The molecule has 0 aliphatic carbocycles. The fraction of sp³-hybridized carbons (Fsp3) is 0.231. The number of aryl methyl sites for hydroxylation is 2. The molecule has 0 aliphatic heterocycles. The van der Waals surface area contributed by atoms with E-state index in [0.717, 1.165) is 16.8 Å². The summed E-state index contributed by atoms with van der Waals surface area (Å²) < 4.78 is 1.59. The van der Waals surface area contributed by atoms with Crippen molar-refractivity contribution in [2.24, 2.45) is 0 Å². The number of hydrogen-bond donors (Lipinski definition) is 1. The van der Waals surface area contributed by atoms with Gasteiger partial charge in [0.15, 0.2) is 0 Å². The zero-order valence-corrected chi connectivity index (χ0v) is 11.0. The molecule has 5 heteroatoms. The summed E-state index contributed by atoms with van der Waals surface area (Å²) in [5, 5.41) is 3.21. The van der Waals surface area contributed by atoms with Crippen LogP contribution in [0.1, 0.15) is 11.1 Å². The number of para-hydroxylation sites is 1. The maximum atomic E-state index is 11.9. The van der Waals surface area contributed by atoms with E-state index in [4.69, 9.17) is 11.6 Å². The van der Waals surface area contributed by atoms with E-state index in [2.05, 4.69) is 10.3 Å². The molecular formula is C13H14ClN3O. The number of rotatable bonds is 3. The van der Waals surface area contributed by atoms with Crippen LogP contribution in [0.4, 0.5) is 5.69 Å². The molecule has 0 unspecified atom stereocenters. The number of nitrogens with one attached hydrogen (secondary N) is 1. The van der Waals surface area contributed by atoms with Crippen LogP contribution in [-0.4, -0.2) is 15.5 Å². The SMILES string of the molecule is Cc1cccc(C)c1NC(=O)Cn1ccnc1Cl. The predicted molar refractivity (Wildman–Crippen MR) is 71.8 cm³/mol. The van der Waals surface area contributed by atoms with Gasteiger partial charge < -0.3 is 9.88 Å². The molecule has 4 nitrogen and oxygen atoms in total. The minimum atomic E-state index is -0.118. The van der Waals surface area contributed by atoms with Gasteiger partial charge in [0.1, 0.15) is 6.54 Å². The van der Waals surface area contributed by atoms with E-state index in [1.165, 1.54) is 0 Å². The van der Waals surface area contributed by atoms with Crippen molar-refractivity contribution in [2.75, 3.05) is 5.32 Å². The first kappa shape index (κ1) is 12.6. The van der Waals surface area contributed by atoms with Gasteiger partial charge in [0, 0.05) is 18.1 Å². The molecule has 94 valence electrons. The third-order valence-corrected chi connectivity index (χ3v) is 3.04. The topological polar surface area (TPSA) is 46.9 Å². The van der Waals surface area contributed by atoms with Gasteiger partial charge in [-0.1, -0.05) is 18.2 Å². The number of carbonyl (C=O) groups is 1. The maximum Gasteiger partial charge on any atom is 0.244 e. The fourth-order valence-electron chi connectivity index (χ4n) is 1.77. The molecule has 1 aromatic heterocycles. The first-order valence-corrected chi connectivity index (χ1v) is 5.98. The molecule has 0 atom stereocenters. The molecule has 0 aliphatic rings. The van der Waals surface area contributed by atoms with Crippen molar-refractivity contribution in [3.63, 3.8) is 0 Å². The van der Waals surface area contributed by atoms with Crippen molar-refractivity contribution in [1.29, 1.82) is 0 Å². The Morgan fingerprint density at radius 1 is 1.39 bits per heavy atom. The van der Waals surface area contributed by atoms with E-state index in [1.54, 1.807) is 17.0 Å². The van der Waals surface area contributed by atoms with Crippen LogP contribution < -0.4 is 5.32 Å². The average Bonchev–Trinajstić information content (AvgIpc) is 2.70. The van der Waals surface area contributed by atoms with E-state index < -0.39 is 0 Å². The van der Waals surface area contributed by atoms with Crippen LogP contribution in [0.3, 0.4) is 0 Å². The Balaban J connectivity index is 2.10. The highest BCUT2D eigenvalue weighted by Gasteiger charge is 2.09. The third-order valence-electron chi connectivity index (χ3n) is 2.72. The smallest absolute Gasteiger partial charge is 0.244 e. The van der Waals surface area contributed by atoms with E-state index in [1.807, 2.05) is 32.0 Å². The molecule has 0 bridgehead atoms. The van der Waals surface area contributed by atoms with Gasteiger partial charge in [-0.15, -0.1) is 0 Å². The summed E-state index contributed by atoms with van der Waals surface area (Å²) in [5.41, 5.74) is 2.94. The molecule has 0 saturated heterocycles. The van der Waals surface area contributed by atoms with Gasteiger partial charge in [-0.2, -0.15) is 0 Å². The maximum absolute atomic E-state index is 11.9. The summed E-state index contributed by atoms with van der Waals surface area (Å²) in [5.74, 6) is -0.118. The normalized spacial score (nSPS) is 10.4. The molecule has 1 heterocycles. The van der Waals surface area contributed by atoms with E-state index >= 15 is 0 Å². The van der Waals surface area contributed by atoms with Gasteiger partial charge in [-0.25, -0.2) is 4.98 Å². The molecule has 0 spiro atoms. The second-order valence-electron chi connectivity index (χ2n) is 4.14. The third kappa shape index (κ3) is 2.71.